The molecule has 9 heteroatoms. The smallest absolute Gasteiger partial charge is 0.247 e. The summed E-state index contributed by atoms with van der Waals surface area (Å²) in [6, 6.07) is 20.9. The zero-order valence-electron chi connectivity index (χ0n) is 22.0. The molecule has 1 atom stereocenters. The molecule has 4 aromatic rings. The number of benzene rings is 2. The third-order valence-corrected chi connectivity index (χ3v) is 6.84. The van der Waals surface area contributed by atoms with Gasteiger partial charge >= 0.3 is 0 Å². The van der Waals surface area contributed by atoms with E-state index in [1.165, 1.54) is 17.6 Å². The van der Waals surface area contributed by atoms with Crippen molar-refractivity contribution in [1.29, 1.82) is 0 Å². The minimum absolute atomic E-state index is 0.151. The summed E-state index contributed by atoms with van der Waals surface area (Å²) in [5.74, 6) is -0.433. The molecule has 0 saturated heterocycles. The molecule has 0 saturated carbocycles. The van der Waals surface area contributed by atoms with Crippen LogP contribution in [0.5, 0.6) is 0 Å². The van der Waals surface area contributed by atoms with E-state index in [9.17, 15) is 9.59 Å². The van der Waals surface area contributed by atoms with Crippen molar-refractivity contribution in [2.75, 3.05) is 27.3 Å². The van der Waals surface area contributed by atoms with E-state index in [2.05, 4.69) is 14.6 Å². The average molecular weight is 542 g/mol. The second-order valence-corrected chi connectivity index (χ2v) is 9.63. The van der Waals surface area contributed by atoms with Crippen LogP contribution in [-0.4, -0.2) is 69.5 Å². The fourth-order valence-corrected chi connectivity index (χ4v) is 4.57. The number of hydrogen-bond acceptors (Lipinski definition) is 7. The Kier molecular flexibility index (Phi) is 10.0. The van der Waals surface area contributed by atoms with Gasteiger partial charge in [-0.15, -0.1) is 5.10 Å². The number of methoxy groups -OCH3 is 1. The molecular formula is C30H31N5O3S. The molecule has 0 bridgehead atoms. The lowest BCUT2D eigenvalue weighted by Crippen LogP contribution is -2.51. The molecule has 39 heavy (non-hydrogen) atoms. The number of likely N-dealkylation sites (N-methyl/N-ethyl adjacent to an activating group) is 1. The van der Waals surface area contributed by atoms with Gasteiger partial charge in [-0.3, -0.25) is 14.6 Å². The number of hydrogen-bond donors (Lipinski definition) is 0. The Balaban J connectivity index is 1.66. The van der Waals surface area contributed by atoms with Crippen LogP contribution in [0, 0.1) is 0 Å². The van der Waals surface area contributed by atoms with Gasteiger partial charge in [-0.05, 0) is 52.0 Å². The van der Waals surface area contributed by atoms with Crippen molar-refractivity contribution in [1.82, 2.24) is 24.4 Å². The highest BCUT2D eigenvalue weighted by Crippen LogP contribution is 2.21. The highest BCUT2D eigenvalue weighted by Gasteiger charge is 2.31. The van der Waals surface area contributed by atoms with Gasteiger partial charge in [0, 0.05) is 57.5 Å². The SMILES string of the molecule is COCCN(C)C(=O)[C@H](Cc1ccccc1)N(Cc1ccc(-c2ccncc2)cc1)C(=O)/C=C/c1csnn1. The second-order valence-electron chi connectivity index (χ2n) is 9.02. The fourth-order valence-electron chi connectivity index (χ4n) is 4.14. The lowest BCUT2D eigenvalue weighted by molar-refractivity contribution is -0.143. The van der Waals surface area contributed by atoms with E-state index in [1.54, 1.807) is 47.8 Å². The maximum Gasteiger partial charge on any atom is 0.247 e. The number of aromatic nitrogens is 3. The largest absolute Gasteiger partial charge is 0.383 e. The van der Waals surface area contributed by atoms with E-state index in [4.69, 9.17) is 4.74 Å². The van der Waals surface area contributed by atoms with Gasteiger partial charge in [0.1, 0.15) is 6.04 Å². The molecule has 2 heterocycles. The van der Waals surface area contributed by atoms with Crippen molar-refractivity contribution in [3.63, 3.8) is 0 Å². The number of amides is 2. The molecule has 2 aromatic heterocycles. The maximum atomic E-state index is 13.8. The van der Waals surface area contributed by atoms with Crippen LogP contribution in [0.3, 0.4) is 0 Å². The topological polar surface area (TPSA) is 88.5 Å². The standard InChI is InChI=1S/C30H31N5O3S/c1-34(18-19-38-2)30(37)28(20-23-6-4-3-5-7-23)35(29(36)13-12-27-22-39-33-32-27)21-24-8-10-25(11-9-24)26-14-16-31-17-15-26/h3-17,22,28H,18-21H2,1-2H3/b13-12+/t28-/m0/s1. The summed E-state index contributed by atoms with van der Waals surface area (Å²) in [4.78, 5) is 34.8. The van der Waals surface area contributed by atoms with Crippen molar-refractivity contribution < 1.29 is 14.3 Å². The van der Waals surface area contributed by atoms with Gasteiger partial charge < -0.3 is 14.5 Å². The molecular weight excluding hydrogens is 510 g/mol. The molecule has 4 rings (SSSR count). The monoisotopic (exact) mass is 541 g/mol. The molecule has 0 N–H and O–H groups in total. The first-order valence-corrected chi connectivity index (χ1v) is 13.4. The van der Waals surface area contributed by atoms with E-state index in [0.29, 0.717) is 25.3 Å². The summed E-state index contributed by atoms with van der Waals surface area (Å²) < 4.78 is 9.05. The zero-order valence-corrected chi connectivity index (χ0v) is 22.8. The van der Waals surface area contributed by atoms with Crippen LogP contribution in [-0.2, 0) is 27.3 Å². The highest BCUT2D eigenvalue weighted by atomic mass is 32.1. The second kappa shape index (κ2) is 14.1. The first-order chi connectivity index (χ1) is 19.0. The molecule has 0 aliphatic rings. The predicted octanol–water partition coefficient (Wildman–Crippen LogP) is 4.36. The van der Waals surface area contributed by atoms with Crippen molar-refractivity contribution in [3.05, 3.63) is 107 Å². The van der Waals surface area contributed by atoms with Gasteiger partial charge in [-0.2, -0.15) is 0 Å². The van der Waals surface area contributed by atoms with E-state index < -0.39 is 6.04 Å². The molecule has 0 aliphatic carbocycles. The van der Waals surface area contributed by atoms with Crippen LogP contribution in [0.2, 0.25) is 0 Å². The third kappa shape index (κ3) is 7.89. The quantitative estimate of drug-likeness (QED) is 0.248. The van der Waals surface area contributed by atoms with Gasteiger partial charge in [0.25, 0.3) is 0 Å². The van der Waals surface area contributed by atoms with Crippen LogP contribution in [0.15, 0.2) is 90.6 Å². The highest BCUT2D eigenvalue weighted by molar-refractivity contribution is 7.03. The first kappa shape index (κ1) is 27.8. The fraction of sp³-hybridized carbons (Fsp3) is 0.233. The number of pyridine rings is 1. The van der Waals surface area contributed by atoms with E-state index in [0.717, 1.165) is 22.3 Å². The Bertz CT molecular complexity index is 1350. The number of nitrogens with zero attached hydrogens (tertiary/aromatic N) is 5. The van der Waals surface area contributed by atoms with E-state index in [1.807, 2.05) is 66.7 Å². The van der Waals surface area contributed by atoms with Crippen LogP contribution >= 0.6 is 11.5 Å². The molecule has 2 amide bonds. The lowest BCUT2D eigenvalue weighted by Gasteiger charge is -2.33. The predicted molar refractivity (Wildman–Crippen MR) is 153 cm³/mol. The maximum absolute atomic E-state index is 13.8. The molecule has 0 aliphatic heterocycles. The van der Waals surface area contributed by atoms with Crippen LogP contribution in [0.25, 0.3) is 17.2 Å². The Morgan fingerprint density at radius 2 is 1.69 bits per heavy atom. The summed E-state index contributed by atoms with van der Waals surface area (Å²) in [6.45, 7) is 1.08. The minimum atomic E-state index is -0.722. The van der Waals surface area contributed by atoms with Gasteiger partial charge in [0.2, 0.25) is 11.8 Å². The van der Waals surface area contributed by atoms with Crippen LogP contribution in [0.4, 0.5) is 0 Å². The summed E-state index contributed by atoms with van der Waals surface area (Å²) in [5.41, 5.74) is 4.58. The van der Waals surface area contributed by atoms with Gasteiger partial charge in [-0.25, -0.2) is 0 Å². The number of carbonyl (C=O) groups excluding carboxylic acids is 2. The normalized spacial score (nSPS) is 11.8. The Morgan fingerprint density at radius 1 is 0.974 bits per heavy atom. The van der Waals surface area contributed by atoms with Crippen LogP contribution in [0.1, 0.15) is 16.8 Å². The van der Waals surface area contributed by atoms with Crippen molar-refractivity contribution in [2.24, 2.45) is 0 Å². The summed E-state index contributed by atoms with van der Waals surface area (Å²) in [6.07, 6.45) is 6.98. The molecule has 2 aromatic carbocycles. The molecule has 8 nitrogen and oxygen atoms in total. The molecule has 0 radical (unpaired) electrons. The van der Waals surface area contributed by atoms with Crippen molar-refractivity contribution in [2.45, 2.75) is 19.0 Å². The van der Waals surface area contributed by atoms with Gasteiger partial charge in [0.15, 0.2) is 0 Å². The lowest BCUT2D eigenvalue weighted by atomic mass is 10.0. The Morgan fingerprint density at radius 3 is 2.36 bits per heavy atom. The molecule has 0 fully saturated rings. The number of rotatable bonds is 12. The first-order valence-electron chi connectivity index (χ1n) is 12.6. The van der Waals surface area contributed by atoms with E-state index >= 15 is 0 Å². The molecule has 200 valence electrons. The molecule has 0 unspecified atom stereocenters. The number of carbonyl (C=O) groups is 2. The van der Waals surface area contributed by atoms with Gasteiger partial charge in [0.05, 0.1) is 12.3 Å². The molecule has 0 spiro atoms. The average Bonchev–Trinajstić information content (AvgIpc) is 3.51. The summed E-state index contributed by atoms with van der Waals surface area (Å²) in [5, 5.41) is 5.76. The van der Waals surface area contributed by atoms with Crippen LogP contribution < -0.4 is 0 Å². The number of ether oxygens (including phenoxy) is 1. The summed E-state index contributed by atoms with van der Waals surface area (Å²) in [7, 11) is 3.34. The van der Waals surface area contributed by atoms with E-state index in [-0.39, 0.29) is 18.4 Å². The van der Waals surface area contributed by atoms with Crippen molar-refractivity contribution in [3.8, 4) is 11.1 Å². The Labute approximate surface area is 232 Å². The summed E-state index contributed by atoms with van der Waals surface area (Å²) >= 11 is 1.21. The Hall–Kier alpha value is -4.21. The van der Waals surface area contributed by atoms with Gasteiger partial charge in [-0.1, -0.05) is 59.1 Å². The zero-order chi connectivity index (χ0) is 27.5. The third-order valence-electron chi connectivity index (χ3n) is 6.32. The minimum Gasteiger partial charge on any atom is -0.383 e. The van der Waals surface area contributed by atoms with Crippen molar-refractivity contribution >= 4 is 29.4 Å².